The number of primary sulfonamides is 1. The van der Waals surface area contributed by atoms with Crippen molar-refractivity contribution in [1.29, 1.82) is 0 Å². The number of hydrogen-bond acceptors (Lipinski definition) is 9. The molecule has 0 bridgehead atoms. The predicted octanol–water partition coefficient (Wildman–Crippen LogP) is 5.26. The number of nitrogens with one attached hydrogen (secondary N) is 1. The Balaban J connectivity index is 0.00000484. The van der Waals surface area contributed by atoms with E-state index in [2.05, 4.69) is 35.5 Å². The molecular formula is C30H47Cl2N5O4S3. The molecule has 248 valence electrons. The van der Waals surface area contributed by atoms with Gasteiger partial charge in [-0.15, -0.1) is 24.8 Å². The van der Waals surface area contributed by atoms with E-state index in [0.717, 1.165) is 85.5 Å². The van der Waals surface area contributed by atoms with E-state index in [-0.39, 0.29) is 29.7 Å². The Hall–Kier alpha value is -1.48. The van der Waals surface area contributed by atoms with Crippen LogP contribution >= 0.6 is 50.1 Å². The molecule has 0 fully saturated rings. The van der Waals surface area contributed by atoms with Crippen LogP contribution in [0.4, 0.5) is 0 Å². The smallest absolute Gasteiger partial charge is 0.238 e. The first-order valence-electron chi connectivity index (χ1n) is 14.4. The van der Waals surface area contributed by atoms with Crippen molar-refractivity contribution >= 4 is 60.1 Å². The molecule has 0 spiro atoms. The Morgan fingerprint density at radius 3 is 2.20 bits per heavy atom. The molecule has 0 aliphatic rings. The van der Waals surface area contributed by atoms with Gasteiger partial charge in [0.25, 0.3) is 0 Å². The van der Waals surface area contributed by atoms with Gasteiger partial charge in [-0.1, -0.05) is 19.3 Å². The summed E-state index contributed by atoms with van der Waals surface area (Å²) in [5, 5.41) is 13.5. The molecule has 3 aromatic rings. The highest BCUT2D eigenvalue weighted by molar-refractivity contribution is 7.89. The number of nitrogens with two attached hydrogens (primary N) is 1. The number of nitrogens with zero attached hydrogens (tertiary/aromatic N) is 3. The molecule has 0 amide bonds. The lowest BCUT2D eigenvalue weighted by molar-refractivity contribution is 0.114. The molecule has 0 aliphatic heterocycles. The molecule has 0 aliphatic carbocycles. The molecule has 0 saturated carbocycles. The lowest BCUT2D eigenvalue weighted by atomic mass is 10.1. The maximum atomic E-state index is 11.7. The van der Waals surface area contributed by atoms with Gasteiger partial charge in [0.2, 0.25) is 10.0 Å². The average Bonchev–Trinajstić information content (AvgIpc) is 3.42. The van der Waals surface area contributed by atoms with Crippen molar-refractivity contribution in [3.05, 3.63) is 60.3 Å². The maximum Gasteiger partial charge on any atom is 0.238 e. The molecule has 2 aromatic carbocycles. The summed E-state index contributed by atoms with van der Waals surface area (Å²) in [4.78, 5) is 2.54. The number of halogens is 2. The van der Waals surface area contributed by atoms with Crippen LogP contribution in [0, 0.1) is 0 Å². The zero-order valence-corrected chi connectivity index (χ0v) is 29.5. The second-order valence-electron chi connectivity index (χ2n) is 10.1. The highest BCUT2D eigenvalue weighted by Crippen LogP contribution is 2.27. The van der Waals surface area contributed by atoms with Gasteiger partial charge in [-0.3, -0.25) is 0 Å². The number of aromatic nitrogens is 2. The molecule has 0 radical (unpaired) electrons. The van der Waals surface area contributed by atoms with Gasteiger partial charge in [-0.2, -0.15) is 30.4 Å². The topological polar surface area (TPSA) is 112 Å². The number of benzene rings is 2. The van der Waals surface area contributed by atoms with Gasteiger partial charge in [0.1, 0.15) is 5.75 Å². The molecule has 3 N–H and O–H groups in total. The van der Waals surface area contributed by atoms with Gasteiger partial charge in [-0.25, -0.2) is 18.2 Å². The molecule has 3 rings (SSSR count). The van der Waals surface area contributed by atoms with Crippen LogP contribution in [0.25, 0.3) is 16.9 Å². The molecule has 9 nitrogen and oxygen atoms in total. The minimum atomic E-state index is -3.78. The van der Waals surface area contributed by atoms with E-state index >= 15 is 0 Å². The van der Waals surface area contributed by atoms with Gasteiger partial charge in [0.15, 0.2) is 0 Å². The second-order valence-corrected chi connectivity index (χ2v) is 12.5. The van der Waals surface area contributed by atoms with Crippen molar-refractivity contribution in [2.24, 2.45) is 5.14 Å². The van der Waals surface area contributed by atoms with Crippen molar-refractivity contribution in [2.45, 2.75) is 43.6 Å². The largest absolute Gasteiger partial charge is 0.497 e. The Kier molecular flexibility index (Phi) is 20.4. The second kappa shape index (κ2) is 22.1. The Morgan fingerprint density at radius 2 is 1.57 bits per heavy atom. The normalized spacial score (nSPS) is 11.3. The van der Waals surface area contributed by atoms with Crippen LogP contribution in [0.3, 0.4) is 0 Å². The van der Waals surface area contributed by atoms with Crippen molar-refractivity contribution in [3.63, 3.8) is 0 Å². The fourth-order valence-electron chi connectivity index (χ4n) is 4.61. The van der Waals surface area contributed by atoms with Gasteiger partial charge in [0, 0.05) is 49.9 Å². The summed E-state index contributed by atoms with van der Waals surface area (Å²) in [5.74, 6) is 2.51. The van der Waals surface area contributed by atoms with E-state index in [9.17, 15) is 8.42 Å². The first kappa shape index (κ1) is 40.5. The summed E-state index contributed by atoms with van der Waals surface area (Å²) < 4.78 is 36.5. The Labute approximate surface area is 286 Å². The zero-order valence-electron chi connectivity index (χ0n) is 25.3. The highest BCUT2D eigenvalue weighted by Gasteiger charge is 2.14. The molecule has 44 heavy (non-hydrogen) atoms. The number of sulfonamides is 1. The quantitative estimate of drug-likeness (QED) is 0.0884. The third kappa shape index (κ3) is 13.9. The molecule has 0 saturated heterocycles. The molecular weight excluding hydrogens is 661 g/mol. The monoisotopic (exact) mass is 707 g/mol. The van der Waals surface area contributed by atoms with E-state index in [1.165, 1.54) is 31.4 Å². The first-order chi connectivity index (χ1) is 20.4. The predicted molar refractivity (Wildman–Crippen MR) is 191 cm³/mol. The lowest BCUT2D eigenvalue weighted by Crippen LogP contribution is -2.34. The number of hydrogen-bond donors (Lipinski definition) is 4. The number of thiol groups is 2. The lowest BCUT2D eigenvalue weighted by Gasteiger charge is -2.21. The standard InChI is InChI=1S/C30H45N5O4S3.2ClH/c1-38-28-11-7-25(8-12-28)30-23-26(33-35(30)27-9-13-29(14-10-27)42(31,36)37)24-39-20-6-4-2-3-5-17-34(19-22-41)18-15-32-16-21-40;;/h7-14,23,32,40-41H,2-6,15-22,24H2,1H3,(H2,31,36,37);2*1H. The number of methoxy groups -OCH3 is 1. The van der Waals surface area contributed by atoms with Gasteiger partial charge in [0.05, 0.1) is 35.7 Å². The summed E-state index contributed by atoms with van der Waals surface area (Å²) in [6.07, 6.45) is 5.76. The maximum absolute atomic E-state index is 11.7. The van der Waals surface area contributed by atoms with Crippen LogP contribution in [0.5, 0.6) is 5.75 Å². The van der Waals surface area contributed by atoms with Crippen LogP contribution < -0.4 is 15.2 Å². The van der Waals surface area contributed by atoms with Crippen molar-refractivity contribution in [1.82, 2.24) is 20.0 Å². The minimum absolute atomic E-state index is 0. The number of ether oxygens (including phenoxy) is 2. The Bertz CT molecular complexity index is 1300. The fraction of sp³-hybridized carbons (Fsp3) is 0.500. The van der Waals surface area contributed by atoms with Crippen molar-refractivity contribution < 1.29 is 17.9 Å². The fourth-order valence-corrected chi connectivity index (χ4v) is 5.56. The van der Waals surface area contributed by atoms with Crippen LogP contribution in [-0.2, 0) is 21.4 Å². The SMILES string of the molecule is COc1ccc(-c2cc(COCCCCCCCN(CCS)CCNCCS)nn2-c2ccc(S(N)(=O)=O)cc2)cc1.Cl.Cl. The van der Waals surface area contributed by atoms with Gasteiger partial charge in [-0.05, 0) is 74.0 Å². The minimum Gasteiger partial charge on any atom is -0.497 e. The average molecular weight is 709 g/mol. The van der Waals surface area contributed by atoms with E-state index in [1.807, 2.05) is 30.3 Å². The van der Waals surface area contributed by atoms with Gasteiger partial charge >= 0.3 is 0 Å². The number of rotatable bonds is 21. The first-order valence-corrected chi connectivity index (χ1v) is 17.3. The summed E-state index contributed by atoms with van der Waals surface area (Å²) in [6, 6.07) is 16.1. The van der Waals surface area contributed by atoms with E-state index in [0.29, 0.717) is 13.2 Å². The van der Waals surface area contributed by atoms with Crippen molar-refractivity contribution in [3.8, 4) is 22.7 Å². The summed E-state index contributed by atoms with van der Waals surface area (Å²) >= 11 is 8.64. The molecule has 1 aromatic heterocycles. The third-order valence-corrected chi connectivity index (χ3v) is 8.23. The summed E-state index contributed by atoms with van der Waals surface area (Å²) in [5.41, 5.74) is 3.33. The molecule has 1 heterocycles. The van der Waals surface area contributed by atoms with E-state index in [1.54, 1.807) is 23.9 Å². The van der Waals surface area contributed by atoms with Crippen LogP contribution in [0.15, 0.2) is 59.5 Å². The van der Waals surface area contributed by atoms with Crippen LogP contribution in [0.1, 0.15) is 37.8 Å². The summed E-state index contributed by atoms with van der Waals surface area (Å²) in [6.45, 7) is 6.21. The number of unbranched alkanes of at least 4 members (excludes halogenated alkanes) is 4. The zero-order chi connectivity index (χ0) is 30.2. The third-order valence-electron chi connectivity index (χ3n) is 6.88. The van der Waals surface area contributed by atoms with Crippen LogP contribution in [0.2, 0.25) is 0 Å². The van der Waals surface area contributed by atoms with E-state index in [4.69, 9.17) is 19.7 Å². The van der Waals surface area contributed by atoms with Gasteiger partial charge < -0.3 is 19.7 Å². The summed E-state index contributed by atoms with van der Waals surface area (Å²) in [7, 11) is -2.14. The van der Waals surface area contributed by atoms with Crippen molar-refractivity contribution in [2.75, 3.05) is 57.9 Å². The molecule has 14 heteroatoms. The highest BCUT2D eigenvalue weighted by atomic mass is 35.5. The molecule has 0 atom stereocenters. The van der Waals surface area contributed by atoms with Crippen LogP contribution in [-0.4, -0.2) is 81.0 Å². The van der Waals surface area contributed by atoms with E-state index < -0.39 is 10.0 Å². The molecule has 0 unspecified atom stereocenters. The Morgan fingerprint density at radius 1 is 0.886 bits per heavy atom.